The normalized spacial score (nSPS) is 13.8. The van der Waals surface area contributed by atoms with Gasteiger partial charge in [0.15, 0.2) is 5.82 Å². The summed E-state index contributed by atoms with van der Waals surface area (Å²) in [7, 11) is 0. The molecule has 4 heterocycles. The number of rotatable bonds is 7. The van der Waals surface area contributed by atoms with Crippen molar-refractivity contribution in [2.45, 2.75) is 38.6 Å². The van der Waals surface area contributed by atoms with E-state index in [0.29, 0.717) is 36.2 Å². The van der Waals surface area contributed by atoms with Gasteiger partial charge in [0.25, 0.3) is 0 Å². The first-order chi connectivity index (χ1) is 14.2. The Hall–Kier alpha value is -3.56. The summed E-state index contributed by atoms with van der Waals surface area (Å²) in [5.41, 5.74) is 4.06. The number of imidazole rings is 1. The molecule has 0 aliphatic heterocycles. The number of carbonyl (C=O) groups is 1. The SMILES string of the molecule is CCOC(=O)c1cn(Cc2cn3cc(C4CC4)ccc3n2)nc1Cc1nn[nH]n1. The predicted octanol–water partition coefficient (Wildman–Crippen LogP) is 1.74. The third-order valence-corrected chi connectivity index (χ3v) is 4.94. The number of ether oxygens (including phenoxy) is 1. The smallest absolute Gasteiger partial charge is 0.341 e. The standard InChI is InChI=1S/C19H20N8O2/c1-2-29-19(28)15-11-27(23-16(15)7-17-21-24-25-22-17)10-14-9-26-8-13(12-3-4-12)5-6-18(26)20-14/h5-6,8-9,11-12H,2-4,7,10H2,1H3,(H,21,22,24,25). The molecule has 0 bridgehead atoms. The van der Waals surface area contributed by atoms with Crippen LogP contribution in [0.3, 0.4) is 0 Å². The van der Waals surface area contributed by atoms with Crippen LogP contribution in [0.4, 0.5) is 0 Å². The molecule has 10 nitrogen and oxygen atoms in total. The number of fused-ring (bicyclic) bond motifs is 1. The largest absolute Gasteiger partial charge is 0.462 e. The topological polar surface area (TPSA) is 116 Å². The lowest BCUT2D eigenvalue weighted by Crippen LogP contribution is -2.07. The van der Waals surface area contributed by atoms with Gasteiger partial charge in [-0.25, -0.2) is 9.78 Å². The lowest BCUT2D eigenvalue weighted by Gasteiger charge is -1.99. The molecule has 1 aliphatic rings. The Morgan fingerprint density at radius 1 is 1.28 bits per heavy atom. The highest BCUT2D eigenvalue weighted by Gasteiger charge is 2.24. The molecule has 1 fully saturated rings. The van der Waals surface area contributed by atoms with Gasteiger partial charge in [0.2, 0.25) is 0 Å². The highest BCUT2D eigenvalue weighted by atomic mass is 16.5. The van der Waals surface area contributed by atoms with Crippen LogP contribution in [0.2, 0.25) is 0 Å². The van der Waals surface area contributed by atoms with E-state index in [2.05, 4.69) is 47.4 Å². The summed E-state index contributed by atoms with van der Waals surface area (Å²) < 4.78 is 8.92. The Bertz CT molecular complexity index is 1160. The predicted molar refractivity (Wildman–Crippen MR) is 101 cm³/mol. The Labute approximate surface area is 165 Å². The molecule has 1 saturated carbocycles. The molecule has 0 spiro atoms. The van der Waals surface area contributed by atoms with Gasteiger partial charge in [-0.05, 0) is 37.3 Å². The molecule has 1 N–H and O–H groups in total. The van der Waals surface area contributed by atoms with Crippen molar-refractivity contribution in [1.82, 2.24) is 39.8 Å². The number of hydrogen-bond donors (Lipinski definition) is 1. The third-order valence-electron chi connectivity index (χ3n) is 4.94. The first-order valence-electron chi connectivity index (χ1n) is 9.63. The van der Waals surface area contributed by atoms with E-state index in [0.717, 1.165) is 11.3 Å². The van der Waals surface area contributed by atoms with Crippen molar-refractivity contribution >= 4 is 11.6 Å². The number of pyridine rings is 1. The van der Waals surface area contributed by atoms with Gasteiger partial charge in [-0.3, -0.25) is 4.68 Å². The first kappa shape index (κ1) is 17.5. The van der Waals surface area contributed by atoms with Gasteiger partial charge in [0.05, 0.1) is 31.0 Å². The van der Waals surface area contributed by atoms with Crippen molar-refractivity contribution in [2.75, 3.05) is 6.61 Å². The van der Waals surface area contributed by atoms with E-state index < -0.39 is 5.97 Å². The van der Waals surface area contributed by atoms with Gasteiger partial charge in [0, 0.05) is 18.6 Å². The third kappa shape index (κ3) is 3.60. The van der Waals surface area contributed by atoms with E-state index in [4.69, 9.17) is 4.74 Å². The monoisotopic (exact) mass is 392 g/mol. The molecular weight excluding hydrogens is 372 g/mol. The molecule has 0 radical (unpaired) electrons. The van der Waals surface area contributed by atoms with Gasteiger partial charge in [-0.1, -0.05) is 11.3 Å². The van der Waals surface area contributed by atoms with E-state index in [1.165, 1.54) is 18.4 Å². The maximum Gasteiger partial charge on any atom is 0.341 e. The van der Waals surface area contributed by atoms with Gasteiger partial charge in [0.1, 0.15) is 11.2 Å². The van der Waals surface area contributed by atoms with E-state index >= 15 is 0 Å². The lowest BCUT2D eigenvalue weighted by atomic mass is 10.2. The summed E-state index contributed by atoms with van der Waals surface area (Å²) in [6, 6.07) is 4.20. The number of nitrogens with one attached hydrogen (secondary N) is 1. The summed E-state index contributed by atoms with van der Waals surface area (Å²) in [6.45, 7) is 2.51. The van der Waals surface area contributed by atoms with Crippen LogP contribution < -0.4 is 0 Å². The van der Waals surface area contributed by atoms with Crippen LogP contribution in [0.5, 0.6) is 0 Å². The van der Waals surface area contributed by atoms with E-state index in [-0.39, 0.29) is 6.42 Å². The van der Waals surface area contributed by atoms with Crippen molar-refractivity contribution in [1.29, 1.82) is 0 Å². The van der Waals surface area contributed by atoms with Crippen LogP contribution in [0.1, 0.15) is 58.8 Å². The van der Waals surface area contributed by atoms with Crippen molar-refractivity contribution in [3.8, 4) is 0 Å². The fraction of sp³-hybridized carbons (Fsp3) is 0.368. The number of hydrogen-bond acceptors (Lipinski definition) is 7. The average Bonchev–Trinajstić information content (AvgIpc) is 3.10. The first-order valence-corrected chi connectivity index (χ1v) is 9.63. The maximum atomic E-state index is 12.3. The minimum Gasteiger partial charge on any atom is -0.462 e. The van der Waals surface area contributed by atoms with E-state index in [1.807, 2.05) is 12.3 Å². The summed E-state index contributed by atoms with van der Waals surface area (Å²) >= 11 is 0. The minimum absolute atomic E-state index is 0.285. The van der Waals surface area contributed by atoms with Crippen LogP contribution in [-0.4, -0.2) is 52.4 Å². The average molecular weight is 392 g/mol. The van der Waals surface area contributed by atoms with Crippen molar-refractivity contribution < 1.29 is 9.53 Å². The second-order valence-electron chi connectivity index (χ2n) is 7.15. The molecule has 4 aromatic heterocycles. The molecule has 10 heteroatoms. The number of aromatic amines is 1. The number of nitrogens with zero attached hydrogens (tertiary/aromatic N) is 7. The van der Waals surface area contributed by atoms with Gasteiger partial charge < -0.3 is 9.14 Å². The van der Waals surface area contributed by atoms with Gasteiger partial charge in [-0.2, -0.15) is 10.3 Å². The van der Waals surface area contributed by atoms with E-state index in [9.17, 15) is 4.79 Å². The summed E-state index contributed by atoms with van der Waals surface area (Å²) in [5, 5.41) is 18.4. The van der Waals surface area contributed by atoms with Crippen LogP contribution in [0, 0.1) is 0 Å². The molecule has 0 amide bonds. The number of H-pyrrole nitrogens is 1. The van der Waals surface area contributed by atoms with Crippen LogP contribution in [0.25, 0.3) is 5.65 Å². The second kappa shape index (κ2) is 7.12. The molecular formula is C19H20N8O2. The zero-order valence-electron chi connectivity index (χ0n) is 15.9. The number of esters is 1. The molecule has 1 aliphatic carbocycles. The molecule has 0 atom stereocenters. The molecule has 29 heavy (non-hydrogen) atoms. The lowest BCUT2D eigenvalue weighted by molar-refractivity contribution is 0.0525. The Morgan fingerprint density at radius 2 is 2.17 bits per heavy atom. The molecule has 0 unspecified atom stereocenters. The fourth-order valence-corrected chi connectivity index (χ4v) is 3.42. The van der Waals surface area contributed by atoms with Crippen molar-refractivity contribution in [2.24, 2.45) is 0 Å². The molecule has 0 saturated heterocycles. The van der Waals surface area contributed by atoms with Crippen LogP contribution in [0.15, 0.2) is 30.7 Å². The summed E-state index contributed by atoms with van der Waals surface area (Å²) in [5.74, 6) is 0.735. The summed E-state index contributed by atoms with van der Waals surface area (Å²) in [4.78, 5) is 17.0. The Balaban J connectivity index is 1.42. The molecule has 5 rings (SSSR count). The maximum absolute atomic E-state index is 12.3. The molecule has 4 aromatic rings. The highest BCUT2D eigenvalue weighted by molar-refractivity contribution is 5.90. The zero-order valence-corrected chi connectivity index (χ0v) is 15.9. The molecule has 0 aromatic carbocycles. The quantitative estimate of drug-likeness (QED) is 0.476. The Morgan fingerprint density at radius 3 is 2.93 bits per heavy atom. The van der Waals surface area contributed by atoms with Crippen molar-refractivity contribution in [3.63, 3.8) is 0 Å². The second-order valence-corrected chi connectivity index (χ2v) is 7.15. The number of aromatic nitrogens is 8. The fourth-order valence-electron chi connectivity index (χ4n) is 3.42. The molecule has 148 valence electrons. The van der Waals surface area contributed by atoms with Gasteiger partial charge in [-0.15, -0.1) is 10.2 Å². The number of carbonyl (C=O) groups excluding carboxylic acids is 1. The van der Waals surface area contributed by atoms with Gasteiger partial charge >= 0.3 is 5.97 Å². The summed E-state index contributed by atoms with van der Waals surface area (Å²) in [6.07, 6.45) is 8.66. The number of tetrazole rings is 1. The van der Waals surface area contributed by atoms with Crippen molar-refractivity contribution in [3.05, 3.63) is 59.1 Å². The Kier molecular flexibility index (Phi) is 4.30. The van der Waals surface area contributed by atoms with Crippen LogP contribution in [-0.2, 0) is 17.7 Å². The minimum atomic E-state index is -0.415. The van der Waals surface area contributed by atoms with Crippen LogP contribution >= 0.6 is 0 Å². The van der Waals surface area contributed by atoms with E-state index in [1.54, 1.807) is 17.8 Å². The zero-order chi connectivity index (χ0) is 19.8. The highest BCUT2D eigenvalue weighted by Crippen LogP contribution is 2.39.